The van der Waals surface area contributed by atoms with Gasteiger partial charge in [0.05, 0.1) is 0 Å². The Morgan fingerprint density at radius 3 is 2.04 bits per heavy atom. The molecule has 0 unspecified atom stereocenters. The van der Waals surface area contributed by atoms with Gasteiger partial charge in [0.15, 0.2) is 17.2 Å². The third kappa shape index (κ3) is 2.55. The SMILES string of the molecule is NOc1ccc(ON)c(-c2ccc3c(ON)cccc3c2ON)c1. The maximum atomic E-state index is 5.51. The Balaban J connectivity index is 2.31. The molecule has 3 aromatic rings. The minimum atomic E-state index is 0.402. The highest BCUT2D eigenvalue weighted by molar-refractivity contribution is 5.99. The molecule has 8 heteroatoms. The number of fused-ring (bicyclic) bond motifs is 1. The van der Waals surface area contributed by atoms with Crippen LogP contribution >= 0.6 is 0 Å². The number of benzene rings is 3. The molecule has 0 aliphatic carbocycles. The normalized spacial score (nSPS) is 10.5. The topological polar surface area (TPSA) is 141 Å². The molecule has 124 valence electrons. The quantitative estimate of drug-likeness (QED) is 0.516. The minimum absolute atomic E-state index is 0.402. The molecule has 0 saturated heterocycles. The Kier molecular flexibility index (Phi) is 4.36. The largest absolute Gasteiger partial charge is 0.412 e. The van der Waals surface area contributed by atoms with Crippen LogP contribution < -0.4 is 42.9 Å². The fraction of sp³-hybridized carbons (Fsp3) is 0. The summed E-state index contributed by atoms with van der Waals surface area (Å²) in [5, 5.41) is 1.45. The van der Waals surface area contributed by atoms with E-state index in [9.17, 15) is 0 Å². The van der Waals surface area contributed by atoms with Gasteiger partial charge < -0.3 is 19.4 Å². The van der Waals surface area contributed by atoms with Gasteiger partial charge in [-0.25, -0.2) is 0 Å². The van der Waals surface area contributed by atoms with Crippen molar-refractivity contribution in [1.82, 2.24) is 0 Å². The van der Waals surface area contributed by atoms with Crippen LogP contribution in [0.4, 0.5) is 0 Å². The molecule has 24 heavy (non-hydrogen) atoms. The molecular formula is C16H16N4O4. The van der Waals surface area contributed by atoms with Gasteiger partial charge in [-0.1, -0.05) is 12.1 Å². The van der Waals surface area contributed by atoms with Crippen LogP contribution in [-0.4, -0.2) is 0 Å². The Morgan fingerprint density at radius 1 is 0.583 bits per heavy atom. The van der Waals surface area contributed by atoms with E-state index in [0.717, 1.165) is 5.39 Å². The molecule has 0 spiro atoms. The van der Waals surface area contributed by atoms with Crippen LogP contribution in [0.1, 0.15) is 0 Å². The van der Waals surface area contributed by atoms with Crippen molar-refractivity contribution in [2.24, 2.45) is 23.6 Å². The first-order chi connectivity index (χ1) is 11.7. The van der Waals surface area contributed by atoms with E-state index in [1.54, 1.807) is 36.4 Å². The highest BCUT2D eigenvalue weighted by Gasteiger charge is 2.17. The van der Waals surface area contributed by atoms with Gasteiger partial charge in [-0.05, 0) is 36.4 Å². The van der Waals surface area contributed by atoms with Crippen LogP contribution in [0.25, 0.3) is 21.9 Å². The van der Waals surface area contributed by atoms with E-state index in [4.69, 9.17) is 42.9 Å². The molecular weight excluding hydrogens is 312 g/mol. The van der Waals surface area contributed by atoms with Crippen LogP contribution in [0.15, 0.2) is 48.5 Å². The lowest BCUT2D eigenvalue weighted by Gasteiger charge is -2.15. The summed E-state index contributed by atoms with van der Waals surface area (Å²) in [6.45, 7) is 0. The molecule has 0 heterocycles. The Morgan fingerprint density at radius 2 is 1.38 bits per heavy atom. The summed E-state index contributed by atoms with van der Waals surface area (Å²) < 4.78 is 0. The molecule has 0 aliphatic rings. The van der Waals surface area contributed by atoms with Gasteiger partial charge in [0, 0.05) is 21.9 Å². The molecule has 0 radical (unpaired) electrons. The molecule has 3 aromatic carbocycles. The van der Waals surface area contributed by atoms with E-state index in [-0.39, 0.29) is 0 Å². The second kappa shape index (κ2) is 6.60. The maximum Gasteiger partial charge on any atom is 0.162 e. The molecule has 0 saturated carbocycles. The van der Waals surface area contributed by atoms with Crippen LogP contribution in [-0.2, 0) is 0 Å². The van der Waals surface area contributed by atoms with Crippen LogP contribution in [0.5, 0.6) is 23.0 Å². The van der Waals surface area contributed by atoms with Crippen molar-refractivity contribution in [3.63, 3.8) is 0 Å². The summed E-state index contributed by atoms with van der Waals surface area (Å²) in [7, 11) is 0. The van der Waals surface area contributed by atoms with Gasteiger partial charge in [-0.2, -0.15) is 23.6 Å². The average molecular weight is 328 g/mol. The van der Waals surface area contributed by atoms with Gasteiger partial charge in [0.2, 0.25) is 0 Å². The summed E-state index contributed by atoms with van der Waals surface area (Å²) in [6, 6.07) is 13.9. The third-order valence-electron chi connectivity index (χ3n) is 3.72. The van der Waals surface area contributed by atoms with Crippen LogP contribution in [0, 0.1) is 0 Å². The highest BCUT2D eigenvalue weighted by Crippen LogP contribution is 2.43. The lowest BCUT2D eigenvalue weighted by Crippen LogP contribution is -2.08. The second-order valence-corrected chi connectivity index (χ2v) is 4.92. The predicted molar refractivity (Wildman–Crippen MR) is 88.6 cm³/mol. The van der Waals surface area contributed by atoms with Gasteiger partial charge >= 0.3 is 0 Å². The summed E-state index contributed by atoms with van der Waals surface area (Å²) in [5.74, 6) is 23.1. The first-order valence-electron chi connectivity index (χ1n) is 6.90. The van der Waals surface area contributed by atoms with E-state index in [1.807, 2.05) is 12.1 Å². The molecule has 0 bridgehead atoms. The van der Waals surface area contributed by atoms with Crippen LogP contribution in [0.2, 0.25) is 0 Å². The standard InChI is InChI=1S/C16H16N4O4/c17-21-9-4-7-15(23-19)13(8-9)12-6-5-10-11(16(12)24-20)2-1-3-14(10)22-18/h1-8H,17-20H2. The lowest BCUT2D eigenvalue weighted by atomic mass is 9.98. The van der Waals surface area contributed by atoms with Gasteiger partial charge in [0.25, 0.3) is 0 Å². The molecule has 0 aliphatic heterocycles. The van der Waals surface area contributed by atoms with Crippen molar-refractivity contribution in [3.05, 3.63) is 48.5 Å². The third-order valence-corrected chi connectivity index (χ3v) is 3.72. The molecule has 3 rings (SSSR count). The predicted octanol–water partition coefficient (Wildman–Crippen LogP) is 1.52. The van der Waals surface area contributed by atoms with Crippen LogP contribution in [0.3, 0.4) is 0 Å². The summed E-state index contributed by atoms with van der Waals surface area (Å²) in [5.41, 5.74) is 1.24. The van der Waals surface area contributed by atoms with Gasteiger partial charge in [-0.15, -0.1) is 0 Å². The Bertz CT molecular complexity index is 885. The zero-order valence-corrected chi connectivity index (χ0v) is 12.6. The summed E-state index contributed by atoms with van der Waals surface area (Å²) in [4.78, 5) is 19.7. The second-order valence-electron chi connectivity index (χ2n) is 4.92. The highest BCUT2D eigenvalue weighted by atomic mass is 16.6. The van der Waals surface area contributed by atoms with Crippen molar-refractivity contribution in [1.29, 1.82) is 0 Å². The van der Waals surface area contributed by atoms with Crippen molar-refractivity contribution >= 4 is 10.8 Å². The fourth-order valence-corrected chi connectivity index (χ4v) is 2.64. The van der Waals surface area contributed by atoms with Gasteiger partial charge in [0.1, 0.15) is 5.75 Å². The van der Waals surface area contributed by atoms with E-state index < -0.39 is 0 Å². The number of rotatable bonds is 5. The summed E-state index contributed by atoms with van der Waals surface area (Å²) >= 11 is 0. The monoisotopic (exact) mass is 328 g/mol. The minimum Gasteiger partial charge on any atom is -0.412 e. The van der Waals surface area contributed by atoms with Gasteiger partial charge in [-0.3, -0.25) is 0 Å². The summed E-state index contributed by atoms with van der Waals surface area (Å²) in [6.07, 6.45) is 0. The zero-order chi connectivity index (χ0) is 17.1. The van der Waals surface area contributed by atoms with E-state index in [1.165, 1.54) is 0 Å². The Labute approximate surface area is 137 Å². The van der Waals surface area contributed by atoms with E-state index >= 15 is 0 Å². The first-order valence-corrected chi connectivity index (χ1v) is 6.90. The maximum absolute atomic E-state index is 5.51. The fourth-order valence-electron chi connectivity index (χ4n) is 2.64. The molecule has 8 nitrogen and oxygen atoms in total. The van der Waals surface area contributed by atoms with E-state index in [2.05, 4.69) is 0 Å². The van der Waals surface area contributed by atoms with Crippen molar-refractivity contribution in [2.45, 2.75) is 0 Å². The molecule has 0 atom stereocenters. The zero-order valence-electron chi connectivity index (χ0n) is 12.6. The van der Waals surface area contributed by atoms with Crippen molar-refractivity contribution in [3.8, 4) is 34.1 Å². The van der Waals surface area contributed by atoms with Crippen molar-refractivity contribution < 1.29 is 19.4 Å². The number of nitrogens with two attached hydrogens (primary N) is 4. The van der Waals surface area contributed by atoms with Crippen molar-refractivity contribution in [2.75, 3.05) is 0 Å². The lowest BCUT2D eigenvalue weighted by molar-refractivity contribution is 0.324. The molecule has 0 amide bonds. The first kappa shape index (κ1) is 15.8. The molecule has 8 N–H and O–H groups in total. The Hall–Kier alpha value is -3.04. The van der Waals surface area contributed by atoms with E-state index in [0.29, 0.717) is 39.5 Å². The average Bonchev–Trinajstić information content (AvgIpc) is 2.65. The molecule has 0 fully saturated rings. The molecule has 0 aromatic heterocycles. The number of hydrogen-bond donors (Lipinski definition) is 4. The number of hydrogen-bond acceptors (Lipinski definition) is 8. The smallest absolute Gasteiger partial charge is 0.162 e.